The summed E-state index contributed by atoms with van der Waals surface area (Å²) in [7, 11) is 2.10. The van der Waals surface area contributed by atoms with Crippen LogP contribution in [0.5, 0.6) is 0 Å². The Morgan fingerprint density at radius 1 is 1.00 bits per heavy atom. The number of ether oxygens (including phenoxy) is 1. The van der Waals surface area contributed by atoms with Crippen molar-refractivity contribution in [1.82, 2.24) is 5.32 Å². The minimum Gasteiger partial charge on any atom is -0.377 e. The maximum atomic E-state index is 6.18. The zero-order valence-corrected chi connectivity index (χ0v) is 12.3. The fourth-order valence-electron chi connectivity index (χ4n) is 3.63. The second-order valence-corrected chi connectivity index (χ2v) is 6.51. The smallest absolute Gasteiger partial charge is 0.0625 e. The molecule has 2 rings (SSSR count). The lowest BCUT2D eigenvalue weighted by Crippen LogP contribution is -2.40. The second kappa shape index (κ2) is 7.49. The van der Waals surface area contributed by atoms with Crippen molar-refractivity contribution in [3.8, 4) is 0 Å². The predicted molar refractivity (Wildman–Crippen MR) is 76.8 cm³/mol. The van der Waals surface area contributed by atoms with Gasteiger partial charge in [-0.2, -0.15) is 0 Å². The zero-order valence-electron chi connectivity index (χ0n) is 12.3. The Kier molecular flexibility index (Phi) is 5.97. The van der Waals surface area contributed by atoms with Crippen molar-refractivity contribution < 1.29 is 4.74 Å². The number of hydrogen-bond donors (Lipinski definition) is 1. The molecule has 1 unspecified atom stereocenters. The molecule has 1 N–H and O–H groups in total. The van der Waals surface area contributed by atoms with Gasteiger partial charge in [0.15, 0.2) is 0 Å². The van der Waals surface area contributed by atoms with Crippen LogP contribution in [0.2, 0.25) is 0 Å². The maximum absolute atomic E-state index is 6.18. The number of likely N-dealkylation sites (N-methyl/N-ethyl adjacent to an activating group) is 1. The van der Waals surface area contributed by atoms with Crippen LogP contribution >= 0.6 is 0 Å². The van der Waals surface area contributed by atoms with Gasteiger partial charge in [-0.1, -0.05) is 26.2 Å². The largest absolute Gasteiger partial charge is 0.377 e. The molecule has 106 valence electrons. The third-order valence-corrected chi connectivity index (χ3v) is 5.06. The molecule has 0 heterocycles. The highest BCUT2D eigenvalue weighted by atomic mass is 16.5. The molecule has 0 aliphatic heterocycles. The van der Waals surface area contributed by atoms with Gasteiger partial charge in [-0.3, -0.25) is 0 Å². The molecular weight excluding hydrogens is 222 g/mol. The first-order valence-electron chi connectivity index (χ1n) is 8.08. The van der Waals surface area contributed by atoms with Crippen LogP contribution in [0.1, 0.15) is 64.7 Å². The van der Waals surface area contributed by atoms with Crippen molar-refractivity contribution in [3.05, 3.63) is 0 Å². The van der Waals surface area contributed by atoms with Gasteiger partial charge in [0.05, 0.1) is 12.7 Å². The summed E-state index contributed by atoms with van der Waals surface area (Å²) >= 11 is 0. The molecule has 2 saturated carbocycles. The van der Waals surface area contributed by atoms with Crippen molar-refractivity contribution >= 4 is 0 Å². The molecule has 0 aromatic heterocycles. The summed E-state index contributed by atoms with van der Waals surface area (Å²) in [5.41, 5.74) is 0. The summed E-state index contributed by atoms with van der Waals surface area (Å²) in [6, 6.07) is 0.588. The van der Waals surface area contributed by atoms with E-state index in [0.717, 1.165) is 18.4 Å². The molecule has 1 atom stereocenters. The molecule has 0 spiro atoms. The number of nitrogens with one attached hydrogen (secondary N) is 1. The van der Waals surface area contributed by atoms with Crippen LogP contribution in [0.4, 0.5) is 0 Å². The van der Waals surface area contributed by atoms with E-state index >= 15 is 0 Å². The summed E-state index contributed by atoms with van der Waals surface area (Å²) in [5, 5.41) is 3.50. The monoisotopic (exact) mass is 253 g/mol. The molecule has 0 amide bonds. The molecule has 2 fully saturated rings. The van der Waals surface area contributed by atoms with E-state index in [0.29, 0.717) is 12.1 Å². The summed E-state index contributed by atoms with van der Waals surface area (Å²) in [5.74, 6) is 1.77. The average Bonchev–Trinajstić information content (AvgIpc) is 2.43. The van der Waals surface area contributed by atoms with Gasteiger partial charge in [0.25, 0.3) is 0 Å². The Bertz CT molecular complexity index is 217. The third-order valence-electron chi connectivity index (χ3n) is 5.06. The molecule has 2 aliphatic rings. The van der Waals surface area contributed by atoms with E-state index < -0.39 is 0 Å². The van der Waals surface area contributed by atoms with E-state index in [4.69, 9.17) is 4.74 Å². The van der Waals surface area contributed by atoms with Crippen molar-refractivity contribution in [1.29, 1.82) is 0 Å². The van der Waals surface area contributed by atoms with Crippen LogP contribution in [0.3, 0.4) is 0 Å². The molecular formula is C16H31NO. The molecule has 2 heteroatoms. The summed E-state index contributed by atoms with van der Waals surface area (Å²) in [6.07, 6.45) is 12.9. The van der Waals surface area contributed by atoms with Gasteiger partial charge in [-0.05, 0) is 57.4 Å². The normalized spacial score (nSPS) is 32.3. The minimum atomic E-state index is 0.542. The summed E-state index contributed by atoms with van der Waals surface area (Å²) < 4.78 is 6.18. The first-order valence-corrected chi connectivity index (χ1v) is 8.08. The lowest BCUT2D eigenvalue weighted by atomic mass is 9.84. The van der Waals surface area contributed by atoms with Gasteiger partial charge in [-0.25, -0.2) is 0 Å². The minimum absolute atomic E-state index is 0.542. The molecule has 2 nitrogen and oxygen atoms in total. The van der Waals surface area contributed by atoms with Gasteiger partial charge in [0.2, 0.25) is 0 Å². The highest BCUT2D eigenvalue weighted by Crippen LogP contribution is 2.28. The lowest BCUT2D eigenvalue weighted by Gasteiger charge is -2.32. The van der Waals surface area contributed by atoms with E-state index in [1.165, 1.54) is 57.8 Å². The van der Waals surface area contributed by atoms with Gasteiger partial charge < -0.3 is 10.1 Å². The SMILES string of the molecule is CNC(COC1CCC(C)CC1)C1CCCCC1. The second-order valence-electron chi connectivity index (χ2n) is 6.51. The first kappa shape index (κ1) is 14.3. The van der Waals surface area contributed by atoms with E-state index in [-0.39, 0.29) is 0 Å². The molecule has 0 bridgehead atoms. The van der Waals surface area contributed by atoms with Crippen molar-refractivity contribution in [2.75, 3.05) is 13.7 Å². The van der Waals surface area contributed by atoms with Crippen LogP contribution in [-0.4, -0.2) is 25.8 Å². The molecule has 0 saturated heterocycles. The van der Waals surface area contributed by atoms with Gasteiger partial charge in [0.1, 0.15) is 0 Å². The van der Waals surface area contributed by atoms with Crippen molar-refractivity contribution in [3.63, 3.8) is 0 Å². The average molecular weight is 253 g/mol. The summed E-state index contributed by atoms with van der Waals surface area (Å²) in [6.45, 7) is 3.30. The Morgan fingerprint density at radius 2 is 1.67 bits per heavy atom. The van der Waals surface area contributed by atoms with Gasteiger partial charge in [-0.15, -0.1) is 0 Å². The zero-order chi connectivity index (χ0) is 12.8. The standard InChI is InChI=1S/C16H31NO/c1-13-8-10-15(11-9-13)18-12-16(17-2)14-6-4-3-5-7-14/h13-17H,3-12H2,1-2H3. The number of rotatable bonds is 5. The Balaban J connectivity index is 1.69. The topological polar surface area (TPSA) is 21.3 Å². The first-order chi connectivity index (χ1) is 8.79. The maximum Gasteiger partial charge on any atom is 0.0625 e. The Hall–Kier alpha value is -0.0800. The van der Waals surface area contributed by atoms with Crippen molar-refractivity contribution in [2.24, 2.45) is 11.8 Å². The molecule has 18 heavy (non-hydrogen) atoms. The van der Waals surface area contributed by atoms with E-state index in [1.54, 1.807) is 0 Å². The van der Waals surface area contributed by atoms with Crippen LogP contribution in [0.15, 0.2) is 0 Å². The van der Waals surface area contributed by atoms with E-state index in [1.807, 2.05) is 0 Å². The van der Waals surface area contributed by atoms with Crippen LogP contribution < -0.4 is 5.32 Å². The predicted octanol–water partition coefficient (Wildman–Crippen LogP) is 3.75. The fraction of sp³-hybridized carbons (Fsp3) is 1.00. The van der Waals surface area contributed by atoms with Gasteiger partial charge in [0, 0.05) is 6.04 Å². The quantitative estimate of drug-likeness (QED) is 0.805. The summed E-state index contributed by atoms with van der Waals surface area (Å²) in [4.78, 5) is 0. The van der Waals surface area contributed by atoms with E-state index in [2.05, 4.69) is 19.3 Å². The Labute approximate surface area is 113 Å². The lowest BCUT2D eigenvalue weighted by molar-refractivity contribution is -0.00166. The van der Waals surface area contributed by atoms with Crippen LogP contribution in [0.25, 0.3) is 0 Å². The van der Waals surface area contributed by atoms with Crippen LogP contribution in [-0.2, 0) is 4.74 Å². The third kappa shape index (κ3) is 4.24. The number of hydrogen-bond acceptors (Lipinski definition) is 2. The van der Waals surface area contributed by atoms with Crippen molar-refractivity contribution in [2.45, 2.75) is 76.9 Å². The highest BCUT2D eigenvalue weighted by Gasteiger charge is 2.25. The van der Waals surface area contributed by atoms with Gasteiger partial charge >= 0.3 is 0 Å². The fourth-order valence-corrected chi connectivity index (χ4v) is 3.63. The molecule has 0 radical (unpaired) electrons. The Morgan fingerprint density at radius 3 is 2.28 bits per heavy atom. The van der Waals surface area contributed by atoms with Crippen LogP contribution in [0, 0.1) is 11.8 Å². The molecule has 0 aromatic rings. The highest BCUT2D eigenvalue weighted by molar-refractivity contribution is 4.79. The molecule has 2 aliphatic carbocycles. The van der Waals surface area contributed by atoms with E-state index in [9.17, 15) is 0 Å². The molecule has 0 aromatic carbocycles.